The van der Waals surface area contributed by atoms with E-state index in [1.807, 2.05) is 97.1 Å². The molecule has 224 valence electrons. The minimum atomic E-state index is 0.562. The fourth-order valence-corrected chi connectivity index (χ4v) is 6.21. The van der Waals surface area contributed by atoms with Crippen LogP contribution in [0.1, 0.15) is 0 Å². The van der Waals surface area contributed by atoms with Crippen molar-refractivity contribution in [3.8, 4) is 56.7 Å². The first-order valence-corrected chi connectivity index (χ1v) is 15.8. The highest BCUT2D eigenvalue weighted by atomic mass is 15.0. The van der Waals surface area contributed by atoms with E-state index in [0.717, 1.165) is 71.9 Å². The highest BCUT2D eigenvalue weighted by molar-refractivity contribution is 6.04. The zero-order valence-corrected chi connectivity index (χ0v) is 25.7. The summed E-state index contributed by atoms with van der Waals surface area (Å²) < 4.78 is 0. The van der Waals surface area contributed by atoms with Crippen molar-refractivity contribution < 1.29 is 0 Å². The number of fused-ring (bicyclic) bond motifs is 4. The Morgan fingerprint density at radius 2 is 0.812 bits per heavy atom. The molecule has 0 unspecified atom stereocenters. The third-order valence-electron chi connectivity index (χ3n) is 8.57. The SMILES string of the molecule is c1ccc(-c2ccc3ccc4ccc(-c5ccccc5-c5nc(-c6ccccc6)nc(-c6cccc7cccnc67)n5)nc4c3n2)cc1. The van der Waals surface area contributed by atoms with Gasteiger partial charge in [0.2, 0.25) is 0 Å². The van der Waals surface area contributed by atoms with Crippen LogP contribution in [0.3, 0.4) is 0 Å². The van der Waals surface area contributed by atoms with Crippen LogP contribution in [-0.2, 0) is 0 Å². The summed E-state index contributed by atoms with van der Waals surface area (Å²) in [7, 11) is 0. The molecule has 4 heterocycles. The Morgan fingerprint density at radius 1 is 0.292 bits per heavy atom. The summed E-state index contributed by atoms with van der Waals surface area (Å²) in [6.45, 7) is 0. The predicted octanol–water partition coefficient (Wildman–Crippen LogP) is 9.85. The maximum Gasteiger partial charge on any atom is 0.166 e. The van der Waals surface area contributed by atoms with E-state index < -0.39 is 0 Å². The molecule has 0 radical (unpaired) electrons. The third kappa shape index (κ3) is 4.93. The predicted molar refractivity (Wildman–Crippen MR) is 193 cm³/mol. The number of hydrogen-bond acceptors (Lipinski definition) is 6. The van der Waals surface area contributed by atoms with Crippen LogP contribution in [0, 0.1) is 0 Å². The molecule has 0 amide bonds. The average molecular weight is 615 g/mol. The van der Waals surface area contributed by atoms with Gasteiger partial charge >= 0.3 is 0 Å². The van der Waals surface area contributed by atoms with Crippen LogP contribution in [0.25, 0.3) is 89.4 Å². The molecule has 0 atom stereocenters. The molecule has 0 saturated heterocycles. The first kappa shape index (κ1) is 27.6. The Hall–Kier alpha value is -6.66. The van der Waals surface area contributed by atoms with Crippen molar-refractivity contribution in [2.45, 2.75) is 0 Å². The molecule has 9 rings (SSSR count). The molecule has 0 spiro atoms. The fourth-order valence-electron chi connectivity index (χ4n) is 6.21. The van der Waals surface area contributed by atoms with E-state index in [-0.39, 0.29) is 0 Å². The molecule has 6 heteroatoms. The number of benzene rings is 5. The van der Waals surface area contributed by atoms with Gasteiger partial charge in [-0.15, -0.1) is 0 Å². The van der Waals surface area contributed by atoms with Gasteiger partial charge in [-0.3, -0.25) is 4.98 Å². The quantitative estimate of drug-likeness (QED) is 0.180. The zero-order valence-electron chi connectivity index (χ0n) is 25.7. The topological polar surface area (TPSA) is 77.3 Å². The Morgan fingerprint density at radius 3 is 1.56 bits per heavy atom. The Balaban J connectivity index is 1.24. The molecule has 0 saturated carbocycles. The monoisotopic (exact) mass is 614 g/mol. The van der Waals surface area contributed by atoms with Gasteiger partial charge in [-0.2, -0.15) is 0 Å². The van der Waals surface area contributed by atoms with Gasteiger partial charge in [-0.1, -0.05) is 127 Å². The summed E-state index contributed by atoms with van der Waals surface area (Å²) in [5.41, 5.74) is 8.88. The minimum Gasteiger partial charge on any atom is -0.255 e. The fraction of sp³-hybridized carbons (Fsp3) is 0. The molecule has 0 fully saturated rings. The third-order valence-corrected chi connectivity index (χ3v) is 8.57. The molecule has 0 N–H and O–H groups in total. The van der Waals surface area contributed by atoms with Gasteiger partial charge in [-0.05, 0) is 24.3 Å². The van der Waals surface area contributed by atoms with Crippen LogP contribution < -0.4 is 0 Å². The van der Waals surface area contributed by atoms with Crippen LogP contribution in [0.2, 0.25) is 0 Å². The number of pyridine rings is 3. The minimum absolute atomic E-state index is 0.562. The molecule has 0 aliphatic rings. The second-order valence-corrected chi connectivity index (χ2v) is 11.6. The van der Waals surface area contributed by atoms with E-state index in [0.29, 0.717) is 17.5 Å². The maximum absolute atomic E-state index is 5.25. The first-order valence-electron chi connectivity index (χ1n) is 15.8. The average Bonchev–Trinajstić information content (AvgIpc) is 3.17. The normalized spacial score (nSPS) is 11.3. The van der Waals surface area contributed by atoms with Crippen molar-refractivity contribution in [2.75, 3.05) is 0 Å². The lowest BCUT2D eigenvalue weighted by atomic mass is 10.0. The Labute approximate surface area is 276 Å². The summed E-state index contributed by atoms with van der Waals surface area (Å²) in [5.74, 6) is 1.72. The van der Waals surface area contributed by atoms with Gasteiger partial charge in [0.15, 0.2) is 17.5 Å². The lowest BCUT2D eigenvalue weighted by Crippen LogP contribution is -2.02. The standard InChI is InChI=1S/C42H26N6/c1-3-11-27(12-4-1)35-24-22-29-20-21-30-23-25-36(45-39(30)38(29)44-35)32-17-7-8-18-33(32)41-46-40(31-13-5-2-6-14-31)47-42(48-41)34-19-9-15-28-16-10-26-43-37(28)34/h1-26H. The zero-order chi connectivity index (χ0) is 31.9. The van der Waals surface area contributed by atoms with Crippen molar-refractivity contribution >= 4 is 32.7 Å². The van der Waals surface area contributed by atoms with E-state index in [4.69, 9.17) is 29.9 Å². The summed E-state index contributed by atoms with van der Waals surface area (Å²) in [6, 6.07) is 51.0. The highest BCUT2D eigenvalue weighted by Crippen LogP contribution is 2.35. The molecule has 4 aromatic heterocycles. The molecule has 6 nitrogen and oxygen atoms in total. The van der Waals surface area contributed by atoms with E-state index in [9.17, 15) is 0 Å². The Kier molecular flexibility index (Phi) is 6.68. The smallest absolute Gasteiger partial charge is 0.166 e. The van der Waals surface area contributed by atoms with Crippen molar-refractivity contribution in [3.63, 3.8) is 0 Å². The van der Waals surface area contributed by atoms with Crippen molar-refractivity contribution in [3.05, 3.63) is 158 Å². The Bertz CT molecular complexity index is 2610. The number of nitrogens with zero attached hydrogens (tertiary/aromatic N) is 6. The van der Waals surface area contributed by atoms with Gasteiger partial charge in [0.1, 0.15) is 0 Å². The van der Waals surface area contributed by atoms with Gasteiger partial charge < -0.3 is 0 Å². The second-order valence-electron chi connectivity index (χ2n) is 11.6. The van der Waals surface area contributed by atoms with Crippen molar-refractivity contribution in [1.82, 2.24) is 29.9 Å². The van der Waals surface area contributed by atoms with Crippen molar-refractivity contribution in [2.24, 2.45) is 0 Å². The first-order chi connectivity index (χ1) is 23.8. The number of rotatable bonds is 5. The van der Waals surface area contributed by atoms with E-state index in [1.165, 1.54) is 0 Å². The molecule has 0 aliphatic carbocycles. The van der Waals surface area contributed by atoms with Gasteiger partial charge in [0, 0.05) is 50.2 Å². The van der Waals surface area contributed by atoms with E-state index in [2.05, 4.69) is 54.6 Å². The van der Waals surface area contributed by atoms with Crippen molar-refractivity contribution in [1.29, 1.82) is 0 Å². The van der Waals surface area contributed by atoms with Crippen LogP contribution in [0.15, 0.2) is 158 Å². The number of hydrogen-bond donors (Lipinski definition) is 0. The number of aromatic nitrogens is 6. The summed E-state index contributed by atoms with van der Waals surface area (Å²) >= 11 is 0. The summed E-state index contributed by atoms with van der Waals surface area (Å²) in [6.07, 6.45) is 1.80. The number of para-hydroxylation sites is 1. The maximum atomic E-state index is 5.25. The van der Waals surface area contributed by atoms with Crippen LogP contribution in [0.4, 0.5) is 0 Å². The highest BCUT2D eigenvalue weighted by Gasteiger charge is 2.18. The van der Waals surface area contributed by atoms with Crippen LogP contribution in [0.5, 0.6) is 0 Å². The molecule has 48 heavy (non-hydrogen) atoms. The summed E-state index contributed by atoms with van der Waals surface area (Å²) in [5, 5.41) is 3.09. The molecule has 9 aromatic rings. The van der Waals surface area contributed by atoms with Crippen LogP contribution >= 0.6 is 0 Å². The molecular formula is C42H26N6. The van der Waals surface area contributed by atoms with Gasteiger partial charge in [0.25, 0.3) is 0 Å². The molecular weight excluding hydrogens is 589 g/mol. The second kappa shape index (κ2) is 11.6. The van der Waals surface area contributed by atoms with E-state index in [1.54, 1.807) is 6.20 Å². The lowest BCUT2D eigenvalue weighted by molar-refractivity contribution is 1.07. The van der Waals surface area contributed by atoms with E-state index >= 15 is 0 Å². The molecule has 0 bridgehead atoms. The molecule has 0 aliphatic heterocycles. The van der Waals surface area contributed by atoms with Gasteiger partial charge in [0.05, 0.1) is 27.9 Å². The largest absolute Gasteiger partial charge is 0.255 e. The molecule has 5 aromatic carbocycles. The lowest BCUT2D eigenvalue weighted by Gasteiger charge is -2.13. The van der Waals surface area contributed by atoms with Gasteiger partial charge in [-0.25, -0.2) is 24.9 Å². The van der Waals surface area contributed by atoms with Crippen LogP contribution in [-0.4, -0.2) is 29.9 Å². The summed E-state index contributed by atoms with van der Waals surface area (Å²) in [4.78, 5) is 30.2.